The molecule has 2 rings (SSSR count). The third-order valence-corrected chi connectivity index (χ3v) is 3.25. The maximum absolute atomic E-state index is 12.7. The molecule has 8 heteroatoms. The Hall–Kier alpha value is -1.71. The Labute approximate surface area is 151 Å². The number of hydrogen-bond donors (Lipinski definition) is 2. The van der Waals surface area contributed by atoms with Gasteiger partial charge in [-0.1, -0.05) is 30.3 Å². The normalized spacial score (nSPS) is 12.7. The molecule has 0 saturated heterocycles. The minimum Gasteiger partial charge on any atom is -0.350 e. The number of aromatic nitrogens is 2. The van der Waals surface area contributed by atoms with E-state index >= 15 is 0 Å². The lowest BCUT2D eigenvalue weighted by atomic mass is 10.1. The van der Waals surface area contributed by atoms with E-state index in [4.69, 9.17) is 0 Å². The summed E-state index contributed by atoms with van der Waals surface area (Å²) in [5, 5.41) is 6.20. The zero-order chi connectivity index (χ0) is 15.9. The summed E-state index contributed by atoms with van der Waals surface area (Å²) >= 11 is 0. The number of guanidine groups is 1. The van der Waals surface area contributed by atoms with Crippen LogP contribution in [0.2, 0.25) is 0 Å². The molecular formula is C15H20F2IN5. The number of nitrogens with zero attached hydrogens (tertiary/aromatic N) is 3. The summed E-state index contributed by atoms with van der Waals surface area (Å²) in [4.78, 5) is 8.02. The largest absolute Gasteiger partial charge is 0.350 e. The molecule has 0 aliphatic rings. The van der Waals surface area contributed by atoms with Crippen molar-refractivity contribution in [1.82, 2.24) is 20.2 Å². The van der Waals surface area contributed by atoms with Crippen molar-refractivity contribution < 1.29 is 8.78 Å². The Balaban J connectivity index is 0.00000264. The molecule has 0 saturated carbocycles. The van der Waals surface area contributed by atoms with Crippen LogP contribution in [0.5, 0.6) is 0 Å². The van der Waals surface area contributed by atoms with Crippen molar-refractivity contribution in [3.05, 3.63) is 54.1 Å². The highest BCUT2D eigenvalue weighted by molar-refractivity contribution is 14.0. The third kappa shape index (κ3) is 5.45. The second-order valence-electron chi connectivity index (χ2n) is 4.73. The fraction of sp³-hybridized carbons (Fsp3) is 0.333. The Morgan fingerprint density at radius 1 is 1.30 bits per heavy atom. The molecule has 0 spiro atoms. The molecule has 0 fully saturated rings. The molecule has 0 radical (unpaired) electrons. The SMILES string of the molecule is CN=C(NCc1nccn1C(F)F)NC(C)c1ccccc1.I. The molecule has 1 atom stereocenters. The Morgan fingerprint density at radius 3 is 2.61 bits per heavy atom. The highest BCUT2D eigenvalue weighted by Gasteiger charge is 2.12. The molecule has 0 aliphatic heterocycles. The van der Waals surface area contributed by atoms with Crippen LogP contribution < -0.4 is 10.6 Å². The van der Waals surface area contributed by atoms with Gasteiger partial charge in [0.25, 0.3) is 0 Å². The van der Waals surface area contributed by atoms with Crippen LogP contribution in [0.15, 0.2) is 47.7 Å². The van der Waals surface area contributed by atoms with Gasteiger partial charge in [0.15, 0.2) is 5.96 Å². The summed E-state index contributed by atoms with van der Waals surface area (Å²) in [5.41, 5.74) is 1.11. The van der Waals surface area contributed by atoms with Gasteiger partial charge in [0.05, 0.1) is 12.6 Å². The van der Waals surface area contributed by atoms with Crippen LogP contribution in [-0.4, -0.2) is 22.6 Å². The van der Waals surface area contributed by atoms with Crippen molar-refractivity contribution in [2.24, 2.45) is 4.99 Å². The van der Waals surface area contributed by atoms with E-state index < -0.39 is 6.55 Å². The zero-order valence-electron chi connectivity index (χ0n) is 12.9. The fourth-order valence-corrected chi connectivity index (χ4v) is 2.05. The Bertz CT molecular complexity index is 615. The van der Waals surface area contributed by atoms with Gasteiger partial charge in [-0.25, -0.2) is 4.98 Å². The molecule has 0 amide bonds. The van der Waals surface area contributed by atoms with Crippen molar-refractivity contribution in [2.75, 3.05) is 7.05 Å². The van der Waals surface area contributed by atoms with Crippen LogP contribution in [0.25, 0.3) is 0 Å². The maximum Gasteiger partial charge on any atom is 0.319 e. The third-order valence-electron chi connectivity index (χ3n) is 3.25. The van der Waals surface area contributed by atoms with Gasteiger partial charge in [-0.3, -0.25) is 9.56 Å². The highest BCUT2D eigenvalue weighted by atomic mass is 127. The number of imidazole rings is 1. The number of hydrogen-bond acceptors (Lipinski definition) is 2. The van der Waals surface area contributed by atoms with Crippen molar-refractivity contribution in [1.29, 1.82) is 0 Å². The van der Waals surface area contributed by atoms with Gasteiger partial charge < -0.3 is 10.6 Å². The molecule has 1 aromatic heterocycles. The molecule has 126 valence electrons. The van der Waals surface area contributed by atoms with Crippen LogP contribution in [0.4, 0.5) is 8.78 Å². The minimum absolute atomic E-state index is 0. The van der Waals surface area contributed by atoms with Crippen molar-refractivity contribution in [2.45, 2.75) is 26.1 Å². The lowest BCUT2D eigenvalue weighted by Gasteiger charge is -2.18. The molecule has 2 aromatic rings. The second-order valence-corrected chi connectivity index (χ2v) is 4.73. The van der Waals surface area contributed by atoms with Gasteiger partial charge in [0.1, 0.15) is 5.82 Å². The van der Waals surface area contributed by atoms with Gasteiger partial charge in [-0.15, -0.1) is 24.0 Å². The lowest BCUT2D eigenvalue weighted by molar-refractivity contribution is 0.0668. The minimum atomic E-state index is -2.60. The predicted octanol–water partition coefficient (Wildman–Crippen LogP) is 3.32. The van der Waals surface area contributed by atoms with Gasteiger partial charge in [-0.2, -0.15) is 8.78 Å². The summed E-state index contributed by atoms with van der Waals surface area (Å²) in [7, 11) is 1.63. The van der Waals surface area contributed by atoms with Gasteiger partial charge in [0, 0.05) is 19.4 Å². The lowest BCUT2D eigenvalue weighted by Crippen LogP contribution is -2.38. The first-order chi connectivity index (χ1) is 10.6. The molecular weight excluding hydrogens is 415 g/mol. The van der Waals surface area contributed by atoms with Crippen molar-refractivity contribution in [3.8, 4) is 0 Å². The molecule has 0 bridgehead atoms. The smallest absolute Gasteiger partial charge is 0.319 e. The van der Waals surface area contributed by atoms with Gasteiger partial charge >= 0.3 is 6.55 Å². The number of halogens is 3. The van der Waals surface area contributed by atoms with E-state index in [1.165, 1.54) is 12.4 Å². The number of nitrogens with one attached hydrogen (secondary N) is 2. The standard InChI is InChI=1S/C15H19F2N5.HI/c1-11(12-6-4-3-5-7-12)21-15(18-2)20-10-13-19-8-9-22(13)14(16)17;/h3-9,11,14H,10H2,1-2H3,(H2,18,20,21);1H. The first-order valence-corrected chi connectivity index (χ1v) is 6.93. The Kier molecular flexibility index (Phi) is 7.93. The highest BCUT2D eigenvalue weighted by Crippen LogP contribution is 2.13. The van der Waals surface area contributed by atoms with Gasteiger partial charge in [0.2, 0.25) is 0 Å². The monoisotopic (exact) mass is 435 g/mol. The van der Waals surface area contributed by atoms with E-state index in [9.17, 15) is 8.78 Å². The number of alkyl halides is 2. The molecule has 1 heterocycles. The molecule has 1 aromatic carbocycles. The molecule has 2 N–H and O–H groups in total. The van der Waals surface area contributed by atoms with Crippen molar-refractivity contribution in [3.63, 3.8) is 0 Å². The van der Waals surface area contributed by atoms with Gasteiger partial charge in [-0.05, 0) is 12.5 Å². The topological polar surface area (TPSA) is 54.2 Å². The molecule has 0 aliphatic carbocycles. The van der Waals surface area contributed by atoms with Crippen LogP contribution >= 0.6 is 24.0 Å². The Morgan fingerprint density at radius 2 is 2.00 bits per heavy atom. The predicted molar refractivity (Wildman–Crippen MR) is 97.1 cm³/mol. The molecule has 1 unspecified atom stereocenters. The van der Waals surface area contributed by atoms with E-state index in [0.29, 0.717) is 5.96 Å². The maximum atomic E-state index is 12.7. The van der Waals surface area contributed by atoms with E-state index in [0.717, 1.165) is 10.1 Å². The first-order valence-electron chi connectivity index (χ1n) is 6.93. The second kappa shape index (κ2) is 9.43. The summed E-state index contributed by atoms with van der Waals surface area (Å²) in [6, 6.07) is 9.94. The zero-order valence-corrected chi connectivity index (χ0v) is 15.2. The van der Waals surface area contributed by atoms with E-state index in [1.807, 2.05) is 37.3 Å². The van der Waals surface area contributed by atoms with Crippen LogP contribution in [0.3, 0.4) is 0 Å². The molecule has 5 nitrogen and oxygen atoms in total. The van der Waals surface area contributed by atoms with E-state index in [-0.39, 0.29) is 42.4 Å². The fourth-order valence-electron chi connectivity index (χ4n) is 2.05. The average Bonchev–Trinajstić information content (AvgIpc) is 3.00. The van der Waals surface area contributed by atoms with Crippen LogP contribution in [-0.2, 0) is 6.54 Å². The summed E-state index contributed by atoms with van der Waals surface area (Å²) in [6.45, 7) is -0.432. The van der Waals surface area contributed by atoms with Crippen LogP contribution in [0.1, 0.15) is 30.9 Å². The number of aliphatic imine (C=N–C) groups is 1. The summed E-state index contributed by atoms with van der Waals surface area (Å²) < 4.78 is 26.3. The molecule has 23 heavy (non-hydrogen) atoms. The number of benzene rings is 1. The van der Waals surface area contributed by atoms with Crippen molar-refractivity contribution >= 4 is 29.9 Å². The average molecular weight is 435 g/mol. The van der Waals surface area contributed by atoms with E-state index in [2.05, 4.69) is 20.6 Å². The summed E-state index contributed by atoms with van der Waals surface area (Å²) in [5.74, 6) is 0.783. The number of rotatable bonds is 5. The first kappa shape index (κ1) is 19.3. The van der Waals surface area contributed by atoms with Crippen LogP contribution in [0, 0.1) is 0 Å². The van der Waals surface area contributed by atoms with E-state index in [1.54, 1.807) is 7.05 Å². The summed E-state index contributed by atoms with van der Waals surface area (Å²) in [6.07, 6.45) is 2.61. The quantitative estimate of drug-likeness (QED) is 0.431.